The molecular weight excluding hydrogens is 307 g/mol. The molecule has 0 fully saturated rings. The molecule has 7 heteroatoms. The molecule has 0 saturated carbocycles. The van der Waals surface area contributed by atoms with Crippen LogP contribution in [0.4, 0.5) is 21.5 Å². The summed E-state index contributed by atoms with van der Waals surface area (Å²) in [6, 6.07) is 8.22. The van der Waals surface area contributed by atoms with Gasteiger partial charge in [0.25, 0.3) is 0 Å². The number of benzene rings is 2. The first-order chi connectivity index (χ1) is 10.6. The summed E-state index contributed by atoms with van der Waals surface area (Å²) in [4.78, 5) is 0. The Bertz CT molecular complexity index is 710. The molecule has 0 aliphatic carbocycles. The number of hydrogen-bond donors (Lipinski definition) is 4. The number of halogens is 2. The molecule has 0 radical (unpaired) electrons. The normalized spacial score (nSPS) is 16.6. The van der Waals surface area contributed by atoms with Gasteiger partial charge < -0.3 is 21.1 Å². The van der Waals surface area contributed by atoms with E-state index in [0.717, 1.165) is 11.3 Å². The van der Waals surface area contributed by atoms with Crippen molar-refractivity contribution in [3.63, 3.8) is 0 Å². The Morgan fingerprint density at radius 3 is 2.91 bits per heavy atom. The van der Waals surface area contributed by atoms with E-state index < -0.39 is 5.82 Å². The number of nitrogens with two attached hydrogens (primary N) is 1. The predicted octanol–water partition coefficient (Wildman–Crippen LogP) is 3.15. The average Bonchev–Trinajstić information content (AvgIpc) is 2.51. The summed E-state index contributed by atoms with van der Waals surface area (Å²) in [6.45, 7) is 0.576. The van der Waals surface area contributed by atoms with Crippen LogP contribution in [0.25, 0.3) is 0 Å². The number of fused-ring (bicyclic) bond motifs is 1. The summed E-state index contributed by atoms with van der Waals surface area (Å²) < 4.78 is 18.5. The Labute approximate surface area is 132 Å². The van der Waals surface area contributed by atoms with Crippen molar-refractivity contribution in [2.75, 3.05) is 30.1 Å². The number of methoxy groups -OCH3 is 1. The number of nitrogen functional groups attached to an aromatic ring is 1. The van der Waals surface area contributed by atoms with Crippen LogP contribution in [0.2, 0.25) is 5.02 Å². The number of nitrogens with one attached hydrogen (secondary N) is 3. The molecule has 1 unspecified atom stereocenters. The fourth-order valence-corrected chi connectivity index (χ4v) is 2.60. The van der Waals surface area contributed by atoms with Gasteiger partial charge in [0.15, 0.2) is 0 Å². The van der Waals surface area contributed by atoms with Gasteiger partial charge in [-0.15, -0.1) is 0 Å². The number of anilines is 3. The minimum atomic E-state index is -0.445. The van der Waals surface area contributed by atoms with Gasteiger partial charge >= 0.3 is 0 Å². The van der Waals surface area contributed by atoms with Crippen molar-refractivity contribution >= 4 is 28.7 Å². The topological polar surface area (TPSA) is 71.3 Å². The van der Waals surface area contributed by atoms with Crippen LogP contribution in [0.1, 0.15) is 11.7 Å². The maximum atomic E-state index is 13.2. The molecule has 3 rings (SSSR count). The zero-order valence-corrected chi connectivity index (χ0v) is 12.7. The highest BCUT2D eigenvalue weighted by molar-refractivity contribution is 6.31. The van der Waals surface area contributed by atoms with Crippen molar-refractivity contribution in [2.24, 2.45) is 0 Å². The summed E-state index contributed by atoms with van der Waals surface area (Å²) >= 11 is 5.81. The van der Waals surface area contributed by atoms with E-state index in [-0.39, 0.29) is 11.2 Å². The Morgan fingerprint density at radius 1 is 1.36 bits per heavy atom. The van der Waals surface area contributed by atoms with Crippen LogP contribution in [-0.2, 0) is 0 Å². The third-order valence-electron chi connectivity index (χ3n) is 3.53. The quantitative estimate of drug-likeness (QED) is 0.653. The third kappa shape index (κ3) is 2.75. The maximum Gasteiger partial charge on any atom is 0.143 e. The maximum absolute atomic E-state index is 13.2. The largest absolute Gasteiger partial charge is 0.495 e. The fraction of sp³-hybridized carbons (Fsp3) is 0.200. The molecular formula is C15H16ClFN4O. The molecule has 0 spiro atoms. The Kier molecular flexibility index (Phi) is 3.96. The van der Waals surface area contributed by atoms with Gasteiger partial charge in [0, 0.05) is 23.0 Å². The highest BCUT2D eigenvalue weighted by atomic mass is 35.5. The SMILES string of the molecule is COc1cc2c(cc1N)C(Nc1ccc(F)c(Cl)c1)NCN2. The van der Waals surface area contributed by atoms with E-state index in [1.165, 1.54) is 6.07 Å². The van der Waals surface area contributed by atoms with Crippen LogP contribution in [0.5, 0.6) is 5.75 Å². The van der Waals surface area contributed by atoms with E-state index in [1.54, 1.807) is 19.2 Å². The van der Waals surface area contributed by atoms with Crippen molar-refractivity contribution in [1.82, 2.24) is 5.32 Å². The summed E-state index contributed by atoms with van der Waals surface area (Å²) in [5, 5.41) is 9.84. The lowest BCUT2D eigenvalue weighted by molar-refractivity contribution is 0.416. The Hall–Kier alpha value is -2.18. The zero-order valence-electron chi connectivity index (χ0n) is 11.9. The van der Waals surface area contributed by atoms with Gasteiger partial charge in [-0.1, -0.05) is 11.6 Å². The second kappa shape index (κ2) is 5.90. The highest BCUT2D eigenvalue weighted by Crippen LogP contribution is 2.35. The van der Waals surface area contributed by atoms with E-state index in [0.29, 0.717) is 23.8 Å². The molecule has 1 atom stereocenters. The summed E-state index contributed by atoms with van der Waals surface area (Å²) in [5.41, 5.74) is 9.12. The summed E-state index contributed by atoms with van der Waals surface area (Å²) in [6.07, 6.45) is -0.175. The standard InChI is InChI=1S/C15H16ClFN4O/c1-22-14-6-13-9(5-12(14)18)15(20-7-19-13)21-8-2-3-11(17)10(16)4-8/h2-6,15,19-21H,7,18H2,1H3. The van der Waals surface area contributed by atoms with Gasteiger partial charge in [-0.25, -0.2) is 4.39 Å². The van der Waals surface area contributed by atoms with E-state index in [9.17, 15) is 4.39 Å². The molecule has 0 amide bonds. The van der Waals surface area contributed by atoms with Crippen molar-refractivity contribution in [1.29, 1.82) is 0 Å². The van der Waals surface area contributed by atoms with Gasteiger partial charge in [0.2, 0.25) is 0 Å². The molecule has 1 heterocycles. The molecule has 22 heavy (non-hydrogen) atoms. The summed E-state index contributed by atoms with van der Waals surface area (Å²) in [7, 11) is 1.58. The molecule has 0 saturated heterocycles. The van der Waals surface area contributed by atoms with Crippen molar-refractivity contribution in [2.45, 2.75) is 6.17 Å². The first kappa shape index (κ1) is 14.7. The zero-order chi connectivity index (χ0) is 15.7. The van der Waals surface area contributed by atoms with Gasteiger partial charge in [-0.05, 0) is 24.3 Å². The molecule has 1 aliphatic heterocycles. The van der Waals surface area contributed by atoms with E-state index >= 15 is 0 Å². The molecule has 0 aromatic heterocycles. The predicted molar refractivity (Wildman–Crippen MR) is 86.8 cm³/mol. The van der Waals surface area contributed by atoms with Crippen molar-refractivity contribution in [3.8, 4) is 5.75 Å². The van der Waals surface area contributed by atoms with Crippen LogP contribution in [-0.4, -0.2) is 13.8 Å². The second-order valence-corrected chi connectivity index (χ2v) is 5.35. The van der Waals surface area contributed by atoms with Crippen LogP contribution in [0.15, 0.2) is 30.3 Å². The van der Waals surface area contributed by atoms with Crippen molar-refractivity contribution < 1.29 is 9.13 Å². The Morgan fingerprint density at radius 2 is 2.18 bits per heavy atom. The summed E-state index contributed by atoms with van der Waals surface area (Å²) in [5.74, 6) is 0.177. The van der Waals surface area contributed by atoms with Gasteiger partial charge in [0.1, 0.15) is 17.7 Å². The number of rotatable bonds is 3. The smallest absolute Gasteiger partial charge is 0.143 e. The Balaban J connectivity index is 1.91. The second-order valence-electron chi connectivity index (χ2n) is 4.95. The first-order valence-electron chi connectivity index (χ1n) is 6.74. The van der Waals surface area contributed by atoms with Gasteiger partial charge in [-0.2, -0.15) is 0 Å². The monoisotopic (exact) mass is 322 g/mol. The van der Waals surface area contributed by atoms with Crippen molar-refractivity contribution in [3.05, 3.63) is 46.7 Å². The molecule has 5 nitrogen and oxygen atoms in total. The van der Waals surface area contributed by atoms with Crippen LogP contribution < -0.4 is 26.4 Å². The van der Waals surface area contributed by atoms with Crippen LogP contribution >= 0.6 is 11.6 Å². The highest BCUT2D eigenvalue weighted by Gasteiger charge is 2.21. The molecule has 116 valence electrons. The van der Waals surface area contributed by atoms with Crippen LogP contribution in [0.3, 0.4) is 0 Å². The van der Waals surface area contributed by atoms with E-state index in [4.69, 9.17) is 22.1 Å². The molecule has 2 aromatic rings. The van der Waals surface area contributed by atoms with Crippen LogP contribution in [0, 0.1) is 5.82 Å². The molecule has 5 N–H and O–H groups in total. The molecule has 2 aromatic carbocycles. The molecule has 0 bridgehead atoms. The minimum absolute atomic E-state index is 0.0772. The fourth-order valence-electron chi connectivity index (χ4n) is 2.42. The lowest BCUT2D eigenvalue weighted by Gasteiger charge is -2.30. The van der Waals surface area contributed by atoms with Gasteiger partial charge in [0.05, 0.1) is 24.5 Å². The average molecular weight is 323 g/mol. The van der Waals surface area contributed by atoms with Gasteiger partial charge in [-0.3, -0.25) is 5.32 Å². The molecule has 1 aliphatic rings. The van der Waals surface area contributed by atoms with E-state index in [2.05, 4.69) is 16.0 Å². The minimum Gasteiger partial charge on any atom is -0.495 e. The number of ether oxygens (including phenoxy) is 1. The first-order valence-corrected chi connectivity index (χ1v) is 7.12. The third-order valence-corrected chi connectivity index (χ3v) is 3.82. The number of hydrogen-bond acceptors (Lipinski definition) is 5. The lowest BCUT2D eigenvalue weighted by Crippen LogP contribution is -2.37. The van der Waals surface area contributed by atoms with E-state index in [1.807, 2.05) is 12.1 Å². The lowest BCUT2D eigenvalue weighted by atomic mass is 10.1.